The first-order chi connectivity index (χ1) is 13.6. The van der Waals surface area contributed by atoms with Crippen LogP contribution < -0.4 is 10.2 Å². The van der Waals surface area contributed by atoms with Gasteiger partial charge in [0.2, 0.25) is 0 Å². The normalized spacial score (nSPS) is 10.8. The van der Waals surface area contributed by atoms with Crippen molar-refractivity contribution in [2.75, 3.05) is 7.11 Å². The Morgan fingerprint density at radius 1 is 0.893 bits per heavy atom. The first-order valence-corrected chi connectivity index (χ1v) is 8.99. The molecule has 0 aliphatic rings. The highest BCUT2D eigenvalue weighted by molar-refractivity contribution is 5.94. The Morgan fingerprint density at radius 3 is 2.21 bits per heavy atom. The van der Waals surface area contributed by atoms with Gasteiger partial charge in [0.05, 0.1) is 18.3 Å². The van der Waals surface area contributed by atoms with Crippen LogP contribution in [-0.4, -0.2) is 17.5 Å². The summed E-state index contributed by atoms with van der Waals surface area (Å²) >= 11 is 0. The molecule has 0 saturated heterocycles. The quantitative estimate of drug-likeness (QED) is 0.482. The number of para-hydroxylation sites is 1. The average molecular weight is 369 g/mol. The predicted molar refractivity (Wildman–Crippen MR) is 112 cm³/mol. The number of hydrogen-bond acceptors (Lipinski definition) is 3. The van der Waals surface area contributed by atoms with Crippen molar-refractivity contribution >= 4 is 16.7 Å². The van der Waals surface area contributed by atoms with Crippen molar-refractivity contribution in [2.45, 2.75) is 6.92 Å². The van der Waals surface area contributed by atoms with Gasteiger partial charge in [0.15, 0.2) is 11.2 Å². The Balaban J connectivity index is 2.02. The molecule has 0 unspecified atom stereocenters. The van der Waals surface area contributed by atoms with Gasteiger partial charge in [0.1, 0.15) is 5.75 Å². The summed E-state index contributed by atoms with van der Waals surface area (Å²) in [6.07, 6.45) is 0. The highest BCUT2D eigenvalue weighted by Crippen LogP contribution is 2.28. The zero-order valence-electron chi connectivity index (χ0n) is 15.7. The molecule has 0 saturated carbocycles. The van der Waals surface area contributed by atoms with Crippen LogP contribution in [0.4, 0.5) is 0 Å². The molecule has 0 fully saturated rings. The Bertz CT molecular complexity index is 1220. The Labute approximate surface area is 162 Å². The lowest BCUT2D eigenvalue weighted by molar-refractivity contribution is 0.101. The number of nitrogens with zero attached hydrogens (tertiary/aromatic N) is 1. The molecule has 3 aromatic carbocycles. The fourth-order valence-electron chi connectivity index (χ4n) is 3.37. The van der Waals surface area contributed by atoms with E-state index in [2.05, 4.69) is 4.57 Å². The third-order valence-corrected chi connectivity index (χ3v) is 4.84. The Morgan fingerprint density at radius 2 is 1.57 bits per heavy atom. The molecule has 0 aliphatic carbocycles. The van der Waals surface area contributed by atoms with Crippen LogP contribution in [0.25, 0.3) is 27.8 Å². The van der Waals surface area contributed by atoms with Crippen molar-refractivity contribution in [3.63, 3.8) is 0 Å². The summed E-state index contributed by atoms with van der Waals surface area (Å²) in [6.45, 7) is 1.54. The Kier molecular flexibility index (Phi) is 4.53. The summed E-state index contributed by atoms with van der Waals surface area (Å²) in [6, 6.07) is 24.2. The van der Waals surface area contributed by atoms with Gasteiger partial charge < -0.3 is 9.30 Å². The number of benzene rings is 3. The molecular weight excluding hydrogens is 350 g/mol. The van der Waals surface area contributed by atoms with E-state index in [1.165, 1.54) is 6.92 Å². The van der Waals surface area contributed by atoms with Crippen LogP contribution in [0.15, 0.2) is 83.7 Å². The molecule has 0 atom stereocenters. The minimum Gasteiger partial charge on any atom is -0.497 e. The SMILES string of the molecule is COc1ccc(-n2c(-c3ccc(C(C)=O)cc3)cc(=O)c3ccccc32)cc1. The third-order valence-electron chi connectivity index (χ3n) is 4.84. The second kappa shape index (κ2) is 7.16. The van der Waals surface area contributed by atoms with E-state index < -0.39 is 0 Å². The molecule has 0 aliphatic heterocycles. The van der Waals surface area contributed by atoms with Crippen molar-refractivity contribution < 1.29 is 9.53 Å². The minimum atomic E-state index is -0.0361. The molecule has 0 amide bonds. The van der Waals surface area contributed by atoms with Crippen molar-refractivity contribution in [1.29, 1.82) is 0 Å². The van der Waals surface area contributed by atoms with Crippen molar-refractivity contribution in [3.8, 4) is 22.7 Å². The fraction of sp³-hybridized carbons (Fsp3) is 0.0833. The van der Waals surface area contributed by atoms with Gasteiger partial charge in [-0.15, -0.1) is 0 Å². The van der Waals surface area contributed by atoms with Crippen LogP contribution in [0.3, 0.4) is 0 Å². The van der Waals surface area contributed by atoms with E-state index >= 15 is 0 Å². The number of methoxy groups -OCH3 is 1. The second-order valence-electron chi connectivity index (χ2n) is 6.58. The summed E-state index contributed by atoms with van der Waals surface area (Å²) < 4.78 is 7.33. The average Bonchev–Trinajstić information content (AvgIpc) is 2.74. The maximum atomic E-state index is 12.7. The van der Waals surface area contributed by atoms with Gasteiger partial charge in [-0.1, -0.05) is 36.4 Å². The number of aromatic nitrogens is 1. The molecule has 0 radical (unpaired) electrons. The summed E-state index contributed by atoms with van der Waals surface area (Å²) in [5.41, 5.74) is 3.98. The highest BCUT2D eigenvalue weighted by Gasteiger charge is 2.13. The molecule has 0 bridgehead atoms. The summed E-state index contributed by atoms with van der Waals surface area (Å²) in [7, 11) is 1.63. The number of ether oxygens (including phenoxy) is 1. The van der Waals surface area contributed by atoms with Crippen LogP contribution in [0, 0.1) is 0 Å². The van der Waals surface area contributed by atoms with Gasteiger partial charge in [-0.25, -0.2) is 0 Å². The first-order valence-electron chi connectivity index (χ1n) is 8.99. The number of hydrogen-bond donors (Lipinski definition) is 0. The maximum Gasteiger partial charge on any atom is 0.190 e. The van der Waals surface area contributed by atoms with E-state index in [9.17, 15) is 9.59 Å². The lowest BCUT2D eigenvalue weighted by Crippen LogP contribution is -2.10. The highest BCUT2D eigenvalue weighted by atomic mass is 16.5. The Hall–Kier alpha value is -3.66. The topological polar surface area (TPSA) is 48.3 Å². The largest absolute Gasteiger partial charge is 0.497 e. The summed E-state index contributed by atoms with van der Waals surface area (Å²) in [4.78, 5) is 24.3. The van der Waals surface area contributed by atoms with Crippen LogP contribution in [-0.2, 0) is 0 Å². The molecule has 0 N–H and O–H groups in total. The first kappa shape index (κ1) is 17.7. The number of rotatable bonds is 4. The van der Waals surface area contributed by atoms with Gasteiger partial charge in [-0.3, -0.25) is 9.59 Å². The lowest BCUT2D eigenvalue weighted by Gasteiger charge is -2.18. The number of Topliss-reactive ketones (excluding diaryl/α,β-unsaturated/α-hetero) is 1. The smallest absolute Gasteiger partial charge is 0.190 e. The van der Waals surface area contributed by atoms with Gasteiger partial charge in [-0.2, -0.15) is 0 Å². The molecule has 0 spiro atoms. The molecule has 28 heavy (non-hydrogen) atoms. The number of ketones is 1. The molecule has 1 aromatic heterocycles. The molecule has 4 aromatic rings. The molecule has 4 rings (SSSR count). The second-order valence-corrected chi connectivity index (χ2v) is 6.58. The zero-order valence-corrected chi connectivity index (χ0v) is 15.7. The van der Waals surface area contributed by atoms with Crippen molar-refractivity contribution in [1.82, 2.24) is 4.57 Å². The standard InChI is InChI=1S/C24H19NO3/c1-16(26)17-7-9-18(10-8-17)23-15-24(27)21-5-3-4-6-22(21)25(23)19-11-13-20(28-2)14-12-19/h3-15H,1-2H3. The van der Waals surface area contributed by atoms with Crippen molar-refractivity contribution in [2.24, 2.45) is 0 Å². The van der Waals surface area contributed by atoms with Crippen LogP contribution in [0.2, 0.25) is 0 Å². The van der Waals surface area contributed by atoms with Crippen LogP contribution in [0.1, 0.15) is 17.3 Å². The minimum absolute atomic E-state index is 0.0117. The number of carbonyl (C=O) groups excluding carboxylic acids is 1. The molecule has 4 heteroatoms. The predicted octanol–water partition coefficient (Wildman–Crippen LogP) is 4.87. The number of pyridine rings is 1. The van der Waals surface area contributed by atoms with Gasteiger partial charge >= 0.3 is 0 Å². The fourth-order valence-corrected chi connectivity index (χ4v) is 3.37. The monoisotopic (exact) mass is 369 g/mol. The maximum absolute atomic E-state index is 12.7. The van der Waals surface area contributed by atoms with Gasteiger partial charge in [0.25, 0.3) is 0 Å². The van der Waals surface area contributed by atoms with Gasteiger partial charge in [0, 0.05) is 22.7 Å². The van der Waals surface area contributed by atoms with E-state index in [0.717, 1.165) is 28.2 Å². The van der Waals surface area contributed by atoms with Gasteiger partial charge in [-0.05, 0) is 48.9 Å². The molecular formula is C24H19NO3. The number of carbonyl (C=O) groups is 1. The van der Waals surface area contributed by atoms with Crippen LogP contribution in [0.5, 0.6) is 5.75 Å². The van der Waals surface area contributed by atoms with E-state index in [0.29, 0.717) is 10.9 Å². The van der Waals surface area contributed by atoms with E-state index in [1.54, 1.807) is 25.3 Å². The summed E-state index contributed by atoms with van der Waals surface area (Å²) in [5.74, 6) is 0.777. The third kappa shape index (κ3) is 3.09. The summed E-state index contributed by atoms with van der Waals surface area (Å²) in [5, 5.41) is 0.655. The van der Waals surface area contributed by atoms with Crippen LogP contribution >= 0.6 is 0 Å². The van der Waals surface area contributed by atoms with E-state index in [-0.39, 0.29) is 11.2 Å². The molecule has 1 heterocycles. The lowest BCUT2D eigenvalue weighted by atomic mass is 10.0. The van der Waals surface area contributed by atoms with E-state index in [1.807, 2.05) is 60.7 Å². The van der Waals surface area contributed by atoms with Crippen molar-refractivity contribution in [3.05, 3.63) is 94.6 Å². The molecule has 4 nitrogen and oxygen atoms in total. The molecule has 138 valence electrons. The zero-order chi connectivity index (χ0) is 19.7. The number of fused-ring (bicyclic) bond motifs is 1. The van der Waals surface area contributed by atoms with E-state index in [4.69, 9.17) is 4.74 Å².